The molecule has 1 saturated heterocycles. The molecule has 0 aliphatic carbocycles. The van der Waals surface area contributed by atoms with Crippen LogP contribution in [0.25, 0.3) is 0 Å². The van der Waals surface area contributed by atoms with Crippen LogP contribution in [-0.2, 0) is 11.3 Å². The van der Waals surface area contributed by atoms with Gasteiger partial charge in [0.25, 0.3) is 0 Å². The van der Waals surface area contributed by atoms with Crippen molar-refractivity contribution in [3.8, 4) is 5.75 Å². The molecule has 0 aromatic heterocycles. The summed E-state index contributed by atoms with van der Waals surface area (Å²) in [6, 6.07) is 8.38. The standard InChI is InChI=1S/C19H31N3O2.2ClH/c1-15(20)3-8-19(23)21-13-16-9-11-22(12-10-16)14-17-4-6-18(24-2)7-5-17;;/h4-7,15-16H,3,8-14,20H2,1-2H3,(H,21,23);2*1H. The van der Waals surface area contributed by atoms with Crippen LogP contribution in [0.5, 0.6) is 5.75 Å². The number of ether oxygens (including phenoxy) is 1. The van der Waals surface area contributed by atoms with Gasteiger partial charge in [-0.1, -0.05) is 12.1 Å². The highest BCUT2D eigenvalue weighted by atomic mass is 35.5. The second-order valence-corrected chi connectivity index (χ2v) is 6.89. The van der Waals surface area contributed by atoms with Crippen molar-refractivity contribution < 1.29 is 9.53 Å². The molecule has 150 valence electrons. The molecule has 2 rings (SSSR count). The van der Waals surface area contributed by atoms with E-state index in [1.807, 2.05) is 19.1 Å². The fourth-order valence-electron chi connectivity index (χ4n) is 3.04. The average Bonchev–Trinajstić information content (AvgIpc) is 2.60. The molecule has 0 bridgehead atoms. The molecule has 26 heavy (non-hydrogen) atoms. The van der Waals surface area contributed by atoms with Gasteiger partial charge in [-0.05, 0) is 62.9 Å². The Morgan fingerprint density at radius 3 is 2.42 bits per heavy atom. The molecule has 1 fully saturated rings. The molecule has 0 spiro atoms. The van der Waals surface area contributed by atoms with Crippen molar-refractivity contribution in [1.82, 2.24) is 10.2 Å². The second kappa shape index (κ2) is 13.2. The Hall–Kier alpha value is -1.01. The predicted molar refractivity (Wildman–Crippen MR) is 111 cm³/mol. The monoisotopic (exact) mass is 405 g/mol. The lowest BCUT2D eigenvalue weighted by Gasteiger charge is -2.32. The van der Waals surface area contributed by atoms with Crippen molar-refractivity contribution in [2.45, 2.75) is 45.2 Å². The Bertz CT molecular complexity index is 504. The van der Waals surface area contributed by atoms with Crippen LogP contribution in [0.3, 0.4) is 0 Å². The van der Waals surface area contributed by atoms with Gasteiger partial charge >= 0.3 is 0 Å². The summed E-state index contributed by atoms with van der Waals surface area (Å²) >= 11 is 0. The van der Waals surface area contributed by atoms with Crippen LogP contribution >= 0.6 is 24.8 Å². The van der Waals surface area contributed by atoms with Crippen LogP contribution < -0.4 is 15.8 Å². The first-order valence-corrected chi connectivity index (χ1v) is 8.94. The largest absolute Gasteiger partial charge is 0.497 e. The predicted octanol–water partition coefficient (Wildman–Crippen LogP) is 2.99. The highest BCUT2D eigenvalue weighted by Gasteiger charge is 2.19. The Kier molecular flexibility index (Phi) is 12.7. The number of amides is 1. The van der Waals surface area contributed by atoms with E-state index in [-0.39, 0.29) is 36.8 Å². The number of piperidine rings is 1. The molecule has 0 saturated carbocycles. The highest BCUT2D eigenvalue weighted by Crippen LogP contribution is 2.19. The molecular weight excluding hydrogens is 373 g/mol. The Labute approximate surface area is 169 Å². The number of halogens is 2. The molecule has 1 aromatic carbocycles. The van der Waals surface area contributed by atoms with Crippen molar-refractivity contribution in [2.24, 2.45) is 11.7 Å². The van der Waals surface area contributed by atoms with E-state index in [0.717, 1.165) is 51.2 Å². The van der Waals surface area contributed by atoms with E-state index in [4.69, 9.17) is 10.5 Å². The first kappa shape index (κ1) is 25.0. The van der Waals surface area contributed by atoms with Gasteiger partial charge in [-0.2, -0.15) is 0 Å². The number of hydrogen-bond donors (Lipinski definition) is 2. The third-order valence-corrected chi connectivity index (χ3v) is 4.69. The lowest BCUT2D eigenvalue weighted by molar-refractivity contribution is -0.121. The van der Waals surface area contributed by atoms with Crippen LogP contribution in [0.2, 0.25) is 0 Å². The van der Waals surface area contributed by atoms with E-state index in [0.29, 0.717) is 12.3 Å². The third-order valence-electron chi connectivity index (χ3n) is 4.69. The number of methoxy groups -OCH3 is 1. The number of nitrogens with two attached hydrogens (primary N) is 1. The van der Waals surface area contributed by atoms with Crippen LogP contribution in [0.1, 0.15) is 38.2 Å². The molecule has 1 amide bonds. The zero-order valence-electron chi connectivity index (χ0n) is 15.8. The topological polar surface area (TPSA) is 67.6 Å². The second-order valence-electron chi connectivity index (χ2n) is 6.89. The van der Waals surface area contributed by atoms with E-state index in [1.54, 1.807) is 7.11 Å². The number of nitrogens with one attached hydrogen (secondary N) is 1. The smallest absolute Gasteiger partial charge is 0.220 e. The Balaban J connectivity index is 0.00000312. The number of hydrogen-bond acceptors (Lipinski definition) is 4. The number of carbonyl (C=O) groups is 1. The summed E-state index contributed by atoms with van der Waals surface area (Å²) in [6.07, 6.45) is 3.58. The van der Waals surface area contributed by atoms with Crippen LogP contribution in [0, 0.1) is 5.92 Å². The lowest BCUT2D eigenvalue weighted by atomic mass is 9.96. The molecule has 3 N–H and O–H groups in total. The fraction of sp³-hybridized carbons (Fsp3) is 0.632. The maximum atomic E-state index is 11.8. The zero-order chi connectivity index (χ0) is 17.4. The van der Waals surface area contributed by atoms with Crippen molar-refractivity contribution in [2.75, 3.05) is 26.7 Å². The van der Waals surface area contributed by atoms with E-state index < -0.39 is 0 Å². The molecule has 1 aliphatic rings. The fourth-order valence-corrected chi connectivity index (χ4v) is 3.04. The minimum absolute atomic E-state index is 0. The molecule has 1 atom stereocenters. The summed E-state index contributed by atoms with van der Waals surface area (Å²) in [7, 11) is 1.69. The van der Waals surface area contributed by atoms with Crippen LogP contribution in [0.15, 0.2) is 24.3 Å². The van der Waals surface area contributed by atoms with Gasteiger partial charge in [0.15, 0.2) is 0 Å². The highest BCUT2D eigenvalue weighted by molar-refractivity contribution is 5.85. The quantitative estimate of drug-likeness (QED) is 0.697. The van der Waals surface area contributed by atoms with Gasteiger partial charge in [-0.3, -0.25) is 9.69 Å². The van der Waals surface area contributed by atoms with Gasteiger partial charge in [-0.25, -0.2) is 0 Å². The molecule has 0 radical (unpaired) electrons. The van der Waals surface area contributed by atoms with E-state index >= 15 is 0 Å². The molecular formula is C19H33Cl2N3O2. The van der Waals surface area contributed by atoms with Gasteiger partial charge in [0, 0.05) is 25.6 Å². The number of nitrogens with zero attached hydrogens (tertiary/aromatic N) is 1. The van der Waals surface area contributed by atoms with Crippen molar-refractivity contribution in [3.63, 3.8) is 0 Å². The van der Waals surface area contributed by atoms with Gasteiger partial charge in [0.05, 0.1) is 7.11 Å². The van der Waals surface area contributed by atoms with E-state index in [2.05, 4.69) is 22.3 Å². The van der Waals surface area contributed by atoms with E-state index in [1.165, 1.54) is 5.56 Å². The molecule has 1 aliphatic heterocycles. The lowest BCUT2D eigenvalue weighted by Crippen LogP contribution is -2.38. The summed E-state index contributed by atoms with van der Waals surface area (Å²) in [5, 5.41) is 3.06. The van der Waals surface area contributed by atoms with Gasteiger partial charge in [0.2, 0.25) is 5.91 Å². The first-order valence-electron chi connectivity index (χ1n) is 8.94. The minimum Gasteiger partial charge on any atom is -0.497 e. The Morgan fingerprint density at radius 2 is 1.88 bits per heavy atom. The molecule has 1 aromatic rings. The molecule has 1 unspecified atom stereocenters. The zero-order valence-corrected chi connectivity index (χ0v) is 17.4. The number of benzene rings is 1. The van der Waals surface area contributed by atoms with Gasteiger partial charge < -0.3 is 15.8 Å². The van der Waals surface area contributed by atoms with Crippen molar-refractivity contribution >= 4 is 30.7 Å². The maximum Gasteiger partial charge on any atom is 0.220 e. The van der Waals surface area contributed by atoms with Gasteiger partial charge in [-0.15, -0.1) is 24.8 Å². The summed E-state index contributed by atoms with van der Waals surface area (Å²) in [5.74, 6) is 1.63. The van der Waals surface area contributed by atoms with Crippen LogP contribution in [0.4, 0.5) is 0 Å². The summed E-state index contributed by atoms with van der Waals surface area (Å²) in [6.45, 7) is 5.90. The van der Waals surface area contributed by atoms with Crippen LogP contribution in [-0.4, -0.2) is 43.6 Å². The number of rotatable bonds is 8. The number of carbonyl (C=O) groups excluding carboxylic acids is 1. The van der Waals surface area contributed by atoms with Crippen molar-refractivity contribution in [1.29, 1.82) is 0 Å². The summed E-state index contributed by atoms with van der Waals surface area (Å²) < 4.78 is 5.19. The number of likely N-dealkylation sites (tertiary alicyclic amines) is 1. The Morgan fingerprint density at radius 1 is 1.27 bits per heavy atom. The van der Waals surface area contributed by atoms with Gasteiger partial charge in [0.1, 0.15) is 5.75 Å². The molecule has 5 nitrogen and oxygen atoms in total. The maximum absolute atomic E-state index is 11.8. The summed E-state index contributed by atoms with van der Waals surface area (Å²) in [5.41, 5.74) is 7.00. The molecule has 7 heteroatoms. The average molecular weight is 406 g/mol. The SMILES string of the molecule is COc1ccc(CN2CCC(CNC(=O)CCC(C)N)CC2)cc1.Cl.Cl. The summed E-state index contributed by atoms with van der Waals surface area (Å²) in [4.78, 5) is 14.2. The first-order chi connectivity index (χ1) is 11.6. The third kappa shape index (κ3) is 9.08. The van der Waals surface area contributed by atoms with Crippen molar-refractivity contribution in [3.05, 3.63) is 29.8 Å². The molecule has 1 heterocycles. The normalized spacial score (nSPS) is 16.1. The van der Waals surface area contributed by atoms with E-state index in [9.17, 15) is 4.79 Å². The minimum atomic E-state index is 0.